The highest BCUT2D eigenvalue weighted by atomic mass is 32.2. The van der Waals surface area contributed by atoms with Gasteiger partial charge in [-0.15, -0.1) is 0 Å². The SMILES string of the molecule is Cc1cccc2nc(CNC(=O)C=Cc3ccc(S(=O)(=O)NC4CC4)cc3)cn12. The maximum absolute atomic E-state index is 12.2. The standard InChI is InChI=1S/C21H22N4O3S/c1-15-3-2-4-20-23-18(14-25(15)20)13-22-21(26)12-7-16-5-10-19(11-6-16)29(27,28)24-17-8-9-17/h2-7,10-12,14,17,24H,8-9,13H2,1H3,(H,22,26). The number of benzene rings is 1. The van der Waals surface area contributed by atoms with Crippen molar-refractivity contribution in [2.75, 3.05) is 0 Å². The van der Waals surface area contributed by atoms with E-state index >= 15 is 0 Å². The van der Waals surface area contributed by atoms with Crippen molar-refractivity contribution in [1.82, 2.24) is 19.4 Å². The molecule has 2 aromatic heterocycles. The molecule has 2 heterocycles. The lowest BCUT2D eigenvalue weighted by Gasteiger charge is -2.05. The minimum Gasteiger partial charge on any atom is -0.347 e. The summed E-state index contributed by atoms with van der Waals surface area (Å²) < 4.78 is 29.0. The molecule has 0 radical (unpaired) electrons. The van der Waals surface area contributed by atoms with E-state index in [0.717, 1.165) is 35.4 Å². The number of carbonyl (C=O) groups is 1. The van der Waals surface area contributed by atoms with Crippen molar-refractivity contribution in [3.05, 3.63) is 71.7 Å². The minimum atomic E-state index is -3.46. The van der Waals surface area contributed by atoms with E-state index in [9.17, 15) is 13.2 Å². The predicted molar refractivity (Wildman–Crippen MR) is 111 cm³/mol. The van der Waals surface area contributed by atoms with E-state index in [-0.39, 0.29) is 16.8 Å². The first-order chi connectivity index (χ1) is 13.9. The van der Waals surface area contributed by atoms with Gasteiger partial charge >= 0.3 is 0 Å². The number of nitrogens with zero attached hydrogens (tertiary/aromatic N) is 2. The Hall–Kier alpha value is -2.97. The Morgan fingerprint density at radius 3 is 2.66 bits per heavy atom. The van der Waals surface area contributed by atoms with Crippen LogP contribution in [0.3, 0.4) is 0 Å². The summed E-state index contributed by atoms with van der Waals surface area (Å²) in [6, 6.07) is 12.4. The van der Waals surface area contributed by atoms with Crippen molar-refractivity contribution in [1.29, 1.82) is 0 Å². The summed E-state index contributed by atoms with van der Waals surface area (Å²) in [5.41, 5.74) is 3.44. The first-order valence-electron chi connectivity index (χ1n) is 9.43. The van der Waals surface area contributed by atoms with Gasteiger partial charge in [0.05, 0.1) is 17.1 Å². The van der Waals surface area contributed by atoms with E-state index in [0.29, 0.717) is 6.54 Å². The van der Waals surface area contributed by atoms with Gasteiger partial charge in [0.2, 0.25) is 15.9 Å². The highest BCUT2D eigenvalue weighted by Crippen LogP contribution is 2.22. The van der Waals surface area contributed by atoms with Gasteiger partial charge in [0.1, 0.15) is 5.65 Å². The van der Waals surface area contributed by atoms with Gasteiger partial charge in [-0.25, -0.2) is 18.1 Å². The highest BCUT2D eigenvalue weighted by molar-refractivity contribution is 7.89. The molecule has 8 heteroatoms. The fraction of sp³-hybridized carbons (Fsp3) is 0.238. The molecular weight excluding hydrogens is 388 g/mol. The number of nitrogens with one attached hydrogen (secondary N) is 2. The van der Waals surface area contributed by atoms with Crippen molar-refractivity contribution in [2.45, 2.75) is 37.2 Å². The van der Waals surface area contributed by atoms with E-state index in [4.69, 9.17) is 0 Å². The summed E-state index contributed by atoms with van der Waals surface area (Å²) in [7, 11) is -3.46. The molecule has 29 heavy (non-hydrogen) atoms. The summed E-state index contributed by atoms with van der Waals surface area (Å²) in [5.74, 6) is -0.245. The van der Waals surface area contributed by atoms with Crippen LogP contribution in [0.1, 0.15) is 29.8 Å². The summed E-state index contributed by atoms with van der Waals surface area (Å²) in [5, 5.41) is 2.81. The third-order valence-electron chi connectivity index (χ3n) is 4.71. The molecule has 0 bridgehead atoms. The van der Waals surface area contributed by atoms with Crippen LogP contribution >= 0.6 is 0 Å². The zero-order valence-electron chi connectivity index (χ0n) is 16.0. The van der Waals surface area contributed by atoms with Gasteiger partial charge in [0.15, 0.2) is 0 Å². The van der Waals surface area contributed by atoms with Crippen LogP contribution in [-0.4, -0.2) is 29.8 Å². The van der Waals surface area contributed by atoms with E-state index < -0.39 is 10.0 Å². The van der Waals surface area contributed by atoms with Gasteiger partial charge in [-0.1, -0.05) is 18.2 Å². The normalized spacial score (nSPS) is 14.5. The van der Waals surface area contributed by atoms with Crippen LogP contribution in [0.4, 0.5) is 0 Å². The van der Waals surface area contributed by atoms with E-state index in [1.165, 1.54) is 6.08 Å². The number of amides is 1. The van der Waals surface area contributed by atoms with Gasteiger partial charge in [-0.3, -0.25) is 4.79 Å². The largest absolute Gasteiger partial charge is 0.347 e. The second kappa shape index (κ2) is 7.81. The maximum atomic E-state index is 12.2. The Morgan fingerprint density at radius 2 is 1.97 bits per heavy atom. The molecule has 3 aromatic rings. The first kappa shape index (κ1) is 19.4. The average Bonchev–Trinajstić information content (AvgIpc) is 3.39. The third-order valence-corrected chi connectivity index (χ3v) is 6.24. The summed E-state index contributed by atoms with van der Waals surface area (Å²) in [6.07, 6.45) is 6.76. The van der Waals surface area contributed by atoms with Crippen molar-refractivity contribution >= 4 is 27.7 Å². The topological polar surface area (TPSA) is 92.6 Å². The molecule has 0 unspecified atom stereocenters. The second-order valence-electron chi connectivity index (χ2n) is 7.14. The fourth-order valence-corrected chi connectivity index (χ4v) is 4.24. The number of imidazole rings is 1. The van der Waals surface area contributed by atoms with Gasteiger partial charge < -0.3 is 9.72 Å². The van der Waals surface area contributed by atoms with E-state index in [2.05, 4.69) is 15.0 Å². The van der Waals surface area contributed by atoms with Gasteiger partial charge in [0.25, 0.3) is 0 Å². The molecule has 2 N–H and O–H groups in total. The number of pyridine rings is 1. The Labute approximate surface area is 169 Å². The number of sulfonamides is 1. The van der Waals surface area contributed by atoms with Gasteiger partial charge in [0, 0.05) is 24.0 Å². The molecule has 1 aliphatic carbocycles. The fourth-order valence-electron chi connectivity index (χ4n) is 2.94. The molecule has 0 saturated heterocycles. The quantitative estimate of drug-likeness (QED) is 0.585. The zero-order valence-corrected chi connectivity index (χ0v) is 16.8. The molecule has 0 spiro atoms. The lowest BCUT2D eigenvalue weighted by Crippen LogP contribution is -2.25. The number of carbonyl (C=O) groups excluding carboxylic acids is 1. The van der Waals surface area contributed by atoms with Crippen LogP contribution in [0, 0.1) is 6.92 Å². The van der Waals surface area contributed by atoms with Crippen LogP contribution in [0.25, 0.3) is 11.7 Å². The molecule has 4 rings (SSSR count). The third kappa shape index (κ3) is 4.72. The van der Waals surface area contributed by atoms with E-state index in [1.54, 1.807) is 30.3 Å². The van der Waals surface area contributed by atoms with Crippen LogP contribution in [-0.2, 0) is 21.4 Å². The van der Waals surface area contributed by atoms with Crippen molar-refractivity contribution in [2.24, 2.45) is 0 Å². The van der Waals surface area contributed by atoms with Gasteiger partial charge in [-0.05, 0) is 55.7 Å². The Balaban J connectivity index is 1.34. The molecule has 7 nitrogen and oxygen atoms in total. The highest BCUT2D eigenvalue weighted by Gasteiger charge is 2.27. The maximum Gasteiger partial charge on any atom is 0.244 e. The molecular formula is C21H22N4O3S. The molecule has 1 aliphatic rings. The van der Waals surface area contributed by atoms with Crippen molar-refractivity contribution in [3.8, 4) is 0 Å². The lowest BCUT2D eigenvalue weighted by atomic mass is 10.2. The molecule has 1 amide bonds. The molecule has 1 aromatic carbocycles. The number of aryl methyl sites for hydroxylation is 1. The molecule has 0 atom stereocenters. The minimum absolute atomic E-state index is 0.0695. The summed E-state index contributed by atoms with van der Waals surface area (Å²) in [4.78, 5) is 16.8. The van der Waals surface area contributed by atoms with Crippen LogP contribution in [0.2, 0.25) is 0 Å². The number of hydrogen-bond acceptors (Lipinski definition) is 4. The van der Waals surface area contributed by atoms with Gasteiger partial charge in [-0.2, -0.15) is 0 Å². The van der Waals surface area contributed by atoms with Crippen LogP contribution < -0.4 is 10.0 Å². The van der Waals surface area contributed by atoms with Crippen LogP contribution in [0.15, 0.2) is 59.6 Å². The number of rotatable bonds is 7. The summed E-state index contributed by atoms with van der Waals surface area (Å²) in [6.45, 7) is 2.33. The monoisotopic (exact) mass is 410 g/mol. The Kier molecular flexibility index (Phi) is 5.21. The second-order valence-corrected chi connectivity index (χ2v) is 8.86. The molecule has 1 saturated carbocycles. The van der Waals surface area contributed by atoms with E-state index in [1.807, 2.05) is 35.7 Å². The van der Waals surface area contributed by atoms with Crippen LogP contribution in [0.5, 0.6) is 0 Å². The number of fused-ring (bicyclic) bond motifs is 1. The Bertz CT molecular complexity index is 1180. The molecule has 0 aliphatic heterocycles. The number of hydrogen-bond donors (Lipinski definition) is 2. The zero-order chi connectivity index (χ0) is 20.4. The molecule has 1 fully saturated rings. The molecule has 150 valence electrons. The smallest absolute Gasteiger partial charge is 0.244 e. The summed E-state index contributed by atoms with van der Waals surface area (Å²) >= 11 is 0. The first-order valence-corrected chi connectivity index (χ1v) is 10.9. The average molecular weight is 410 g/mol. The van der Waals surface area contributed by atoms with Crippen molar-refractivity contribution < 1.29 is 13.2 Å². The lowest BCUT2D eigenvalue weighted by molar-refractivity contribution is -0.116. The predicted octanol–water partition coefficient (Wildman–Crippen LogP) is 2.41. The number of aromatic nitrogens is 2. The Morgan fingerprint density at radius 1 is 1.21 bits per heavy atom. The van der Waals surface area contributed by atoms with Crippen molar-refractivity contribution in [3.63, 3.8) is 0 Å².